The van der Waals surface area contributed by atoms with Crippen LogP contribution in [0.1, 0.15) is 22.3 Å². The molecule has 0 saturated heterocycles. The van der Waals surface area contributed by atoms with Crippen LogP contribution in [0, 0.1) is 33.8 Å². The van der Waals surface area contributed by atoms with E-state index in [1.807, 2.05) is 6.07 Å². The molecule has 0 aliphatic heterocycles. The summed E-state index contributed by atoms with van der Waals surface area (Å²) in [4.78, 5) is 0. The van der Waals surface area contributed by atoms with Gasteiger partial charge in [-0.05, 0) is 67.1 Å². The van der Waals surface area contributed by atoms with Crippen molar-refractivity contribution >= 4 is 0 Å². The predicted molar refractivity (Wildman–Crippen MR) is 69.7 cm³/mol. The van der Waals surface area contributed by atoms with Gasteiger partial charge in [0.15, 0.2) is 0 Å². The zero-order valence-electron chi connectivity index (χ0n) is 10.4. The maximum absolute atomic E-state index is 3.24. The van der Waals surface area contributed by atoms with Crippen LogP contribution in [0.5, 0.6) is 0 Å². The van der Waals surface area contributed by atoms with Gasteiger partial charge in [-0.25, -0.2) is 0 Å². The Bertz CT molecular complexity index is 522. The van der Waals surface area contributed by atoms with Crippen molar-refractivity contribution in [1.29, 1.82) is 0 Å². The Morgan fingerprint density at radius 1 is 0.875 bits per heavy atom. The van der Waals surface area contributed by atoms with Gasteiger partial charge in [-0.2, -0.15) is 0 Å². The molecular formula is C16H17. The van der Waals surface area contributed by atoms with Crippen LogP contribution in [0.2, 0.25) is 0 Å². The Morgan fingerprint density at radius 3 is 2.31 bits per heavy atom. The summed E-state index contributed by atoms with van der Waals surface area (Å²) in [5.41, 5.74) is 7.88. The summed E-state index contributed by atoms with van der Waals surface area (Å²) >= 11 is 0. The number of aryl methyl sites for hydroxylation is 3. The van der Waals surface area contributed by atoms with Crippen molar-refractivity contribution in [3.05, 3.63) is 58.7 Å². The molecule has 0 unspecified atom stereocenters. The quantitative estimate of drug-likeness (QED) is 0.653. The highest BCUT2D eigenvalue weighted by Crippen LogP contribution is 2.26. The van der Waals surface area contributed by atoms with Gasteiger partial charge in [0, 0.05) is 0 Å². The lowest BCUT2D eigenvalue weighted by atomic mass is 9.95. The van der Waals surface area contributed by atoms with E-state index in [9.17, 15) is 0 Å². The zero-order chi connectivity index (χ0) is 11.7. The minimum Gasteiger partial charge on any atom is -0.0584 e. The monoisotopic (exact) mass is 209 g/mol. The molecule has 0 aliphatic carbocycles. The molecule has 81 valence electrons. The molecule has 0 aliphatic rings. The molecule has 16 heavy (non-hydrogen) atoms. The molecule has 0 N–H and O–H groups in total. The minimum atomic E-state index is 1.23. The second-order valence-electron chi connectivity index (χ2n) is 4.44. The van der Waals surface area contributed by atoms with Crippen LogP contribution in [-0.4, -0.2) is 0 Å². The Labute approximate surface area is 97.9 Å². The first-order chi connectivity index (χ1) is 7.59. The van der Waals surface area contributed by atoms with Crippen LogP contribution < -0.4 is 0 Å². The van der Waals surface area contributed by atoms with Crippen LogP contribution in [0.3, 0.4) is 0 Å². The van der Waals surface area contributed by atoms with Gasteiger partial charge in [0.2, 0.25) is 0 Å². The molecule has 0 spiro atoms. The van der Waals surface area contributed by atoms with Gasteiger partial charge < -0.3 is 0 Å². The first kappa shape index (κ1) is 10.9. The maximum atomic E-state index is 3.24. The average Bonchev–Trinajstić information content (AvgIpc) is 2.26. The molecule has 2 rings (SSSR count). The Morgan fingerprint density at radius 2 is 1.62 bits per heavy atom. The highest BCUT2D eigenvalue weighted by Gasteiger charge is 2.04. The molecule has 0 fully saturated rings. The fraction of sp³-hybridized carbons (Fsp3) is 0.250. The Kier molecular flexibility index (Phi) is 2.82. The first-order valence-electron chi connectivity index (χ1n) is 5.65. The third-order valence-electron chi connectivity index (χ3n) is 3.33. The van der Waals surface area contributed by atoms with Crippen molar-refractivity contribution in [2.45, 2.75) is 27.7 Å². The van der Waals surface area contributed by atoms with Gasteiger partial charge in [-0.15, -0.1) is 0 Å². The second-order valence-corrected chi connectivity index (χ2v) is 4.44. The Hall–Kier alpha value is -1.56. The number of rotatable bonds is 1. The molecule has 2 aromatic carbocycles. The molecule has 0 atom stereocenters. The van der Waals surface area contributed by atoms with Gasteiger partial charge >= 0.3 is 0 Å². The van der Waals surface area contributed by atoms with Crippen LogP contribution in [0.4, 0.5) is 0 Å². The summed E-state index contributed by atoms with van der Waals surface area (Å²) < 4.78 is 0. The van der Waals surface area contributed by atoms with E-state index in [-0.39, 0.29) is 0 Å². The van der Waals surface area contributed by atoms with Gasteiger partial charge in [0.05, 0.1) is 0 Å². The second kappa shape index (κ2) is 4.13. The van der Waals surface area contributed by atoms with Gasteiger partial charge in [0.1, 0.15) is 0 Å². The van der Waals surface area contributed by atoms with E-state index in [1.165, 1.54) is 33.4 Å². The summed E-state index contributed by atoms with van der Waals surface area (Å²) in [6.07, 6.45) is 0. The Balaban J connectivity index is 2.59. The predicted octanol–water partition coefficient (Wildman–Crippen LogP) is 4.39. The number of benzene rings is 2. The normalized spacial score (nSPS) is 10.5. The molecule has 0 aromatic heterocycles. The van der Waals surface area contributed by atoms with E-state index in [2.05, 4.69) is 58.0 Å². The maximum Gasteiger partial charge on any atom is -0.0149 e. The summed E-state index contributed by atoms with van der Waals surface area (Å²) in [5.74, 6) is 0. The van der Waals surface area contributed by atoms with E-state index in [1.54, 1.807) is 0 Å². The zero-order valence-corrected chi connectivity index (χ0v) is 10.4. The van der Waals surface area contributed by atoms with Gasteiger partial charge in [-0.3, -0.25) is 0 Å². The highest BCUT2D eigenvalue weighted by atomic mass is 14.1. The van der Waals surface area contributed by atoms with Crippen LogP contribution in [-0.2, 0) is 0 Å². The van der Waals surface area contributed by atoms with Crippen molar-refractivity contribution < 1.29 is 0 Å². The third kappa shape index (κ3) is 1.88. The largest absolute Gasteiger partial charge is 0.0584 e. The van der Waals surface area contributed by atoms with E-state index in [0.29, 0.717) is 0 Å². The number of hydrogen-bond donors (Lipinski definition) is 0. The highest BCUT2D eigenvalue weighted by molar-refractivity contribution is 5.69. The van der Waals surface area contributed by atoms with Crippen molar-refractivity contribution in [3.63, 3.8) is 0 Å². The van der Waals surface area contributed by atoms with Crippen molar-refractivity contribution in [1.82, 2.24) is 0 Å². The fourth-order valence-corrected chi connectivity index (χ4v) is 1.91. The smallest absolute Gasteiger partial charge is 0.0149 e. The van der Waals surface area contributed by atoms with E-state index >= 15 is 0 Å². The molecule has 2 aromatic rings. The molecule has 0 bridgehead atoms. The van der Waals surface area contributed by atoms with Crippen molar-refractivity contribution in [2.24, 2.45) is 0 Å². The summed E-state index contributed by atoms with van der Waals surface area (Å²) in [6, 6.07) is 14.0. The molecule has 0 saturated carbocycles. The SMILES string of the molecule is Cc1[c]ccc(-c2ccc(C)c(C)c2)c1C. The topological polar surface area (TPSA) is 0 Å². The van der Waals surface area contributed by atoms with Gasteiger partial charge in [0.25, 0.3) is 0 Å². The lowest BCUT2D eigenvalue weighted by molar-refractivity contribution is 1.31. The number of hydrogen-bond acceptors (Lipinski definition) is 0. The lowest BCUT2D eigenvalue weighted by Gasteiger charge is -2.10. The van der Waals surface area contributed by atoms with Crippen LogP contribution in [0.25, 0.3) is 11.1 Å². The summed E-state index contributed by atoms with van der Waals surface area (Å²) in [7, 11) is 0. The van der Waals surface area contributed by atoms with E-state index in [0.717, 1.165) is 0 Å². The molecule has 1 radical (unpaired) electrons. The standard InChI is InChI=1S/C16H17/c1-11-8-9-15(10-13(11)3)16-7-5-6-12(2)14(16)4/h5,7-10H,1-4H3. The summed E-state index contributed by atoms with van der Waals surface area (Å²) in [6.45, 7) is 8.59. The molecule has 0 amide bonds. The molecule has 0 heteroatoms. The lowest BCUT2D eigenvalue weighted by Crippen LogP contribution is -1.89. The van der Waals surface area contributed by atoms with E-state index in [4.69, 9.17) is 0 Å². The summed E-state index contributed by atoms with van der Waals surface area (Å²) in [5, 5.41) is 0. The molecular weight excluding hydrogens is 192 g/mol. The van der Waals surface area contributed by atoms with Crippen molar-refractivity contribution in [3.8, 4) is 11.1 Å². The molecule has 0 heterocycles. The van der Waals surface area contributed by atoms with E-state index < -0.39 is 0 Å². The first-order valence-corrected chi connectivity index (χ1v) is 5.65. The minimum absolute atomic E-state index is 1.23. The van der Waals surface area contributed by atoms with Crippen LogP contribution >= 0.6 is 0 Å². The van der Waals surface area contributed by atoms with Crippen LogP contribution in [0.15, 0.2) is 30.3 Å². The van der Waals surface area contributed by atoms with Gasteiger partial charge in [-0.1, -0.05) is 30.3 Å². The average molecular weight is 209 g/mol. The van der Waals surface area contributed by atoms with Crippen molar-refractivity contribution in [2.75, 3.05) is 0 Å². The molecule has 0 nitrogen and oxygen atoms in total. The fourth-order valence-electron chi connectivity index (χ4n) is 1.91. The third-order valence-corrected chi connectivity index (χ3v) is 3.33.